The summed E-state index contributed by atoms with van der Waals surface area (Å²) in [6.45, 7) is 8.52. The summed E-state index contributed by atoms with van der Waals surface area (Å²) in [5.41, 5.74) is 2.15. The number of aliphatic hydroxyl groups excluding tert-OH is 1. The monoisotopic (exact) mass is 222 g/mol. The number of aliphatic hydroxyl groups is 1. The molecular weight excluding hydrogens is 200 g/mol. The SMILES string of the molecule is COc1cc(C(C)C)cc(C(C)(C)CO)c1. The van der Waals surface area contributed by atoms with Gasteiger partial charge < -0.3 is 9.84 Å². The second-order valence-corrected chi connectivity index (χ2v) is 5.19. The molecule has 0 aliphatic carbocycles. The molecule has 16 heavy (non-hydrogen) atoms. The molecule has 0 atom stereocenters. The minimum Gasteiger partial charge on any atom is -0.497 e. The van der Waals surface area contributed by atoms with Gasteiger partial charge in [0.25, 0.3) is 0 Å². The van der Waals surface area contributed by atoms with Crippen LogP contribution in [-0.4, -0.2) is 18.8 Å². The lowest BCUT2D eigenvalue weighted by Gasteiger charge is -2.24. The number of benzene rings is 1. The van der Waals surface area contributed by atoms with E-state index >= 15 is 0 Å². The molecule has 1 N–H and O–H groups in total. The molecule has 1 aromatic carbocycles. The highest BCUT2D eigenvalue weighted by molar-refractivity contribution is 5.39. The zero-order valence-corrected chi connectivity index (χ0v) is 10.9. The molecule has 1 rings (SSSR count). The maximum absolute atomic E-state index is 9.40. The number of rotatable bonds is 4. The summed E-state index contributed by atoms with van der Waals surface area (Å²) in [4.78, 5) is 0. The molecule has 0 spiro atoms. The fourth-order valence-corrected chi connectivity index (χ4v) is 1.56. The summed E-state index contributed by atoms with van der Waals surface area (Å²) in [6, 6.07) is 6.22. The van der Waals surface area contributed by atoms with Crippen molar-refractivity contribution >= 4 is 0 Å². The van der Waals surface area contributed by atoms with E-state index in [2.05, 4.69) is 26.0 Å². The Labute approximate surface area is 98.3 Å². The van der Waals surface area contributed by atoms with Crippen LogP contribution in [0.25, 0.3) is 0 Å². The number of hydrogen-bond donors (Lipinski definition) is 1. The van der Waals surface area contributed by atoms with Crippen LogP contribution in [0.1, 0.15) is 44.7 Å². The van der Waals surface area contributed by atoms with E-state index in [-0.39, 0.29) is 12.0 Å². The van der Waals surface area contributed by atoms with Crippen LogP contribution in [0.15, 0.2) is 18.2 Å². The summed E-state index contributed by atoms with van der Waals surface area (Å²) in [7, 11) is 1.68. The van der Waals surface area contributed by atoms with Crippen molar-refractivity contribution in [3.63, 3.8) is 0 Å². The second-order valence-electron chi connectivity index (χ2n) is 5.19. The zero-order chi connectivity index (χ0) is 12.3. The first kappa shape index (κ1) is 13.0. The molecule has 0 saturated carbocycles. The van der Waals surface area contributed by atoms with Gasteiger partial charge in [0.1, 0.15) is 5.75 Å². The Bertz CT molecular complexity index is 354. The Morgan fingerprint density at radius 3 is 2.31 bits per heavy atom. The lowest BCUT2D eigenvalue weighted by molar-refractivity contribution is 0.218. The maximum Gasteiger partial charge on any atom is 0.119 e. The molecule has 0 unspecified atom stereocenters. The lowest BCUT2D eigenvalue weighted by Crippen LogP contribution is -2.22. The second kappa shape index (κ2) is 4.88. The molecule has 0 aromatic heterocycles. The smallest absolute Gasteiger partial charge is 0.119 e. The van der Waals surface area contributed by atoms with Gasteiger partial charge in [0.15, 0.2) is 0 Å². The molecule has 0 amide bonds. The summed E-state index contributed by atoms with van der Waals surface area (Å²) < 4.78 is 5.30. The molecule has 0 saturated heterocycles. The molecule has 0 fully saturated rings. The molecule has 90 valence electrons. The van der Waals surface area contributed by atoms with E-state index in [1.54, 1.807) is 7.11 Å². The van der Waals surface area contributed by atoms with Gasteiger partial charge >= 0.3 is 0 Å². The molecule has 0 aliphatic rings. The van der Waals surface area contributed by atoms with E-state index in [4.69, 9.17) is 4.74 Å². The van der Waals surface area contributed by atoms with Gasteiger partial charge in [0.2, 0.25) is 0 Å². The first-order chi connectivity index (χ1) is 7.40. The zero-order valence-electron chi connectivity index (χ0n) is 10.9. The summed E-state index contributed by atoms with van der Waals surface area (Å²) in [5, 5.41) is 9.40. The third-order valence-electron chi connectivity index (χ3n) is 3.01. The van der Waals surface area contributed by atoms with E-state index in [1.807, 2.05) is 19.9 Å². The minimum atomic E-state index is -0.224. The van der Waals surface area contributed by atoms with E-state index in [0.29, 0.717) is 5.92 Å². The van der Waals surface area contributed by atoms with Crippen LogP contribution in [-0.2, 0) is 5.41 Å². The molecule has 2 nitrogen and oxygen atoms in total. The topological polar surface area (TPSA) is 29.5 Å². The molecule has 0 radical (unpaired) electrons. The van der Waals surface area contributed by atoms with Crippen LogP contribution in [0.4, 0.5) is 0 Å². The van der Waals surface area contributed by atoms with Crippen molar-refractivity contribution in [1.29, 1.82) is 0 Å². The predicted molar refractivity (Wildman–Crippen MR) is 67.2 cm³/mol. The fourth-order valence-electron chi connectivity index (χ4n) is 1.56. The van der Waals surface area contributed by atoms with Gasteiger partial charge in [-0.3, -0.25) is 0 Å². The average Bonchev–Trinajstić information content (AvgIpc) is 2.28. The van der Waals surface area contributed by atoms with Crippen LogP contribution in [0.5, 0.6) is 5.75 Å². The van der Waals surface area contributed by atoms with Crippen molar-refractivity contribution < 1.29 is 9.84 Å². The largest absolute Gasteiger partial charge is 0.497 e. The number of hydrogen-bond acceptors (Lipinski definition) is 2. The average molecular weight is 222 g/mol. The van der Waals surface area contributed by atoms with Gasteiger partial charge in [-0.2, -0.15) is 0 Å². The van der Waals surface area contributed by atoms with Gasteiger partial charge in [-0.15, -0.1) is 0 Å². The molecule has 0 bridgehead atoms. The Hall–Kier alpha value is -1.02. The van der Waals surface area contributed by atoms with Crippen molar-refractivity contribution in [1.82, 2.24) is 0 Å². The number of methoxy groups -OCH3 is 1. The van der Waals surface area contributed by atoms with Gasteiger partial charge in [-0.25, -0.2) is 0 Å². The highest BCUT2D eigenvalue weighted by atomic mass is 16.5. The van der Waals surface area contributed by atoms with Gasteiger partial charge in [0, 0.05) is 5.41 Å². The van der Waals surface area contributed by atoms with Crippen molar-refractivity contribution in [3.8, 4) is 5.75 Å². The summed E-state index contributed by atoms with van der Waals surface area (Å²) >= 11 is 0. The Kier molecular flexibility index (Phi) is 3.98. The third kappa shape index (κ3) is 2.76. The first-order valence-electron chi connectivity index (χ1n) is 5.71. The standard InChI is InChI=1S/C14H22O2/c1-10(2)11-6-12(14(3,4)9-15)8-13(7-11)16-5/h6-8,10,15H,9H2,1-5H3. The van der Waals surface area contributed by atoms with Crippen LogP contribution >= 0.6 is 0 Å². The Morgan fingerprint density at radius 1 is 1.25 bits per heavy atom. The first-order valence-corrected chi connectivity index (χ1v) is 5.71. The van der Waals surface area contributed by atoms with Crippen LogP contribution in [0.2, 0.25) is 0 Å². The highest BCUT2D eigenvalue weighted by Crippen LogP contribution is 2.30. The predicted octanol–water partition coefficient (Wildman–Crippen LogP) is 3.09. The fraction of sp³-hybridized carbons (Fsp3) is 0.571. The highest BCUT2D eigenvalue weighted by Gasteiger charge is 2.21. The Morgan fingerprint density at radius 2 is 1.88 bits per heavy atom. The third-order valence-corrected chi connectivity index (χ3v) is 3.01. The maximum atomic E-state index is 9.40. The summed E-state index contributed by atoms with van der Waals surface area (Å²) in [5.74, 6) is 1.33. The van der Waals surface area contributed by atoms with Crippen LogP contribution < -0.4 is 4.74 Å². The molecular formula is C14H22O2. The lowest BCUT2D eigenvalue weighted by atomic mass is 9.83. The van der Waals surface area contributed by atoms with Gasteiger partial charge in [0.05, 0.1) is 13.7 Å². The van der Waals surface area contributed by atoms with E-state index in [1.165, 1.54) is 5.56 Å². The van der Waals surface area contributed by atoms with E-state index in [9.17, 15) is 5.11 Å². The van der Waals surface area contributed by atoms with Gasteiger partial charge in [-0.05, 0) is 29.2 Å². The normalized spacial score (nSPS) is 11.9. The van der Waals surface area contributed by atoms with E-state index < -0.39 is 0 Å². The van der Waals surface area contributed by atoms with Crippen molar-refractivity contribution in [3.05, 3.63) is 29.3 Å². The van der Waals surface area contributed by atoms with Crippen LogP contribution in [0, 0.1) is 0 Å². The molecule has 1 aromatic rings. The summed E-state index contributed by atoms with van der Waals surface area (Å²) in [6.07, 6.45) is 0. The quantitative estimate of drug-likeness (QED) is 0.848. The van der Waals surface area contributed by atoms with Crippen molar-refractivity contribution in [2.45, 2.75) is 39.0 Å². The molecule has 0 aliphatic heterocycles. The van der Waals surface area contributed by atoms with Crippen LogP contribution in [0.3, 0.4) is 0 Å². The van der Waals surface area contributed by atoms with Crippen molar-refractivity contribution in [2.75, 3.05) is 13.7 Å². The molecule has 0 heterocycles. The number of ether oxygens (including phenoxy) is 1. The van der Waals surface area contributed by atoms with Gasteiger partial charge in [-0.1, -0.05) is 33.8 Å². The minimum absolute atomic E-state index is 0.137. The van der Waals surface area contributed by atoms with Crippen molar-refractivity contribution in [2.24, 2.45) is 0 Å². The Balaban J connectivity index is 3.24. The van der Waals surface area contributed by atoms with E-state index in [0.717, 1.165) is 11.3 Å². The molecule has 2 heteroatoms.